The number of nitrogens with zero attached hydrogens (tertiary/aromatic N) is 6. The Balaban J connectivity index is 1.71. The first-order valence-corrected chi connectivity index (χ1v) is 9.88. The molecule has 2 atom stereocenters. The van der Waals surface area contributed by atoms with E-state index in [2.05, 4.69) is 22.3 Å². The van der Waals surface area contributed by atoms with Crippen molar-refractivity contribution in [2.45, 2.75) is 45.2 Å². The third-order valence-electron chi connectivity index (χ3n) is 5.68. The fourth-order valence-electron chi connectivity index (χ4n) is 4.19. The van der Waals surface area contributed by atoms with Crippen molar-refractivity contribution >= 4 is 5.91 Å². The Kier molecular flexibility index (Phi) is 5.08. The fourth-order valence-corrected chi connectivity index (χ4v) is 4.19. The zero-order valence-corrected chi connectivity index (χ0v) is 17.2. The zero-order valence-electron chi connectivity index (χ0n) is 17.2. The molecule has 1 aromatic carbocycles. The van der Waals surface area contributed by atoms with E-state index in [0.717, 1.165) is 36.3 Å². The Morgan fingerprint density at radius 2 is 2.03 bits per heavy atom. The first-order valence-electron chi connectivity index (χ1n) is 9.88. The fraction of sp³-hybridized carbons (Fsp3) is 0.429. The van der Waals surface area contributed by atoms with Crippen LogP contribution in [0.25, 0.3) is 5.69 Å². The molecule has 0 unspecified atom stereocenters. The Morgan fingerprint density at radius 3 is 2.76 bits per heavy atom. The second-order valence-corrected chi connectivity index (χ2v) is 7.56. The summed E-state index contributed by atoms with van der Waals surface area (Å²) in [7, 11) is 3.51. The molecule has 1 aliphatic heterocycles. The summed E-state index contributed by atoms with van der Waals surface area (Å²) in [6.45, 7) is 3.97. The number of benzene rings is 1. The molecule has 4 rings (SSSR count). The smallest absolute Gasteiger partial charge is 0.277 e. The topological polar surface area (TPSA) is 78.1 Å². The van der Waals surface area contributed by atoms with Crippen LogP contribution in [0.3, 0.4) is 0 Å². The van der Waals surface area contributed by atoms with Crippen LogP contribution in [-0.2, 0) is 7.05 Å². The van der Waals surface area contributed by atoms with Gasteiger partial charge >= 0.3 is 0 Å². The predicted molar refractivity (Wildman–Crippen MR) is 108 cm³/mol. The van der Waals surface area contributed by atoms with Crippen LogP contribution in [0.5, 0.6) is 5.75 Å². The van der Waals surface area contributed by atoms with Crippen LogP contribution in [0.1, 0.15) is 54.0 Å². The minimum Gasteiger partial charge on any atom is -0.496 e. The number of ether oxygens (including phenoxy) is 1. The average molecular weight is 394 g/mol. The molecule has 29 heavy (non-hydrogen) atoms. The van der Waals surface area contributed by atoms with Gasteiger partial charge in [-0.15, -0.1) is 5.10 Å². The maximum absolute atomic E-state index is 13.6. The molecule has 1 aliphatic rings. The van der Waals surface area contributed by atoms with E-state index in [1.165, 1.54) is 0 Å². The minimum absolute atomic E-state index is 0.0506. The SMILES string of the molecule is COc1ccccc1[C@H]1CCC[C@@H](C)N1C(=O)c1nnn(-c2cnn(C)c2)c1C. The maximum Gasteiger partial charge on any atom is 0.277 e. The van der Waals surface area contributed by atoms with E-state index in [1.807, 2.05) is 49.3 Å². The lowest BCUT2D eigenvalue weighted by atomic mass is 9.90. The van der Waals surface area contributed by atoms with Gasteiger partial charge in [0.2, 0.25) is 0 Å². The van der Waals surface area contributed by atoms with Gasteiger partial charge in [-0.3, -0.25) is 9.48 Å². The van der Waals surface area contributed by atoms with Crippen molar-refractivity contribution in [2.75, 3.05) is 7.11 Å². The van der Waals surface area contributed by atoms with E-state index in [4.69, 9.17) is 4.74 Å². The molecule has 8 nitrogen and oxygen atoms in total. The van der Waals surface area contributed by atoms with Crippen LogP contribution in [-0.4, -0.2) is 48.7 Å². The van der Waals surface area contributed by atoms with Gasteiger partial charge in [-0.25, -0.2) is 4.68 Å². The summed E-state index contributed by atoms with van der Waals surface area (Å²) in [6, 6.07) is 7.98. The Bertz CT molecular complexity index is 1020. The summed E-state index contributed by atoms with van der Waals surface area (Å²) in [4.78, 5) is 15.6. The highest BCUT2D eigenvalue weighted by Gasteiger charge is 2.36. The van der Waals surface area contributed by atoms with Crippen molar-refractivity contribution in [1.29, 1.82) is 0 Å². The van der Waals surface area contributed by atoms with Gasteiger partial charge in [0.1, 0.15) is 11.4 Å². The van der Waals surface area contributed by atoms with Crippen LogP contribution in [0.15, 0.2) is 36.7 Å². The molecule has 0 spiro atoms. The van der Waals surface area contributed by atoms with Crippen molar-refractivity contribution in [3.05, 3.63) is 53.6 Å². The third kappa shape index (κ3) is 3.39. The highest BCUT2D eigenvalue weighted by atomic mass is 16.5. The first-order chi connectivity index (χ1) is 14.0. The van der Waals surface area contributed by atoms with Crippen LogP contribution >= 0.6 is 0 Å². The van der Waals surface area contributed by atoms with Gasteiger partial charge in [-0.1, -0.05) is 23.4 Å². The highest BCUT2D eigenvalue weighted by molar-refractivity contribution is 5.94. The molecule has 3 heterocycles. The molecule has 8 heteroatoms. The van der Waals surface area contributed by atoms with Crippen molar-refractivity contribution in [2.24, 2.45) is 7.05 Å². The van der Waals surface area contributed by atoms with E-state index in [1.54, 1.807) is 22.7 Å². The van der Waals surface area contributed by atoms with E-state index in [-0.39, 0.29) is 18.0 Å². The lowest BCUT2D eigenvalue weighted by molar-refractivity contribution is 0.0466. The molecular formula is C21H26N6O2. The average Bonchev–Trinajstić information content (AvgIpc) is 3.32. The van der Waals surface area contributed by atoms with Crippen molar-refractivity contribution in [3.8, 4) is 11.4 Å². The van der Waals surface area contributed by atoms with Gasteiger partial charge in [-0.2, -0.15) is 5.10 Å². The number of likely N-dealkylation sites (tertiary alicyclic amines) is 1. The van der Waals surface area contributed by atoms with Crippen LogP contribution < -0.4 is 4.74 Å². The second kappa shape index (κ2) is 7.69. The number of aryl methyl sites for hydroxylation is 1. The normalized spacial score (nSPS) is 19.4. The Labute approximate surface area is 170 Å². The lowest BCUT2D eigenvalue weighted by Gasteiger charge is -2.41. The summed E-state index contributed by atoms with van der Waals surface area (Å²) >= 11 is 0. The number of piperidine rings is 1. The van der Waals surface area contributed by atoms with Gasteiger partial charge in [0.25, 0.3) is 5.91 Å². The molecule has 0 aliphatic carbocycles. The standard InChI is InChI=1S/C21H26N6O2/c1-14-8-7-10-18(17-9-5-6-11-19(17)29-4)26(14)21(28)20-15(2)27(24-23-20)16-12-22-25(3)13-16/h5-6,9,11-14,18H,7-8,10H2,1-4H3/t14-,18-/m1/s1. The lowest BCUT2D eigenvalue weighted by Crippen LogP contribution is -2.44. The molecule has 0 bridgehead atoms. The summed E-state index contributed by atoms with van der Waals surface area (Å²) in [6.07, 6.45) is 6.47. The Hall–Kier alpha value is -3.16. The molecule has 0 saturated carbocycles. The maximum atomic E-state index is 13.6. The molecule has 3 aromatic rings. The molecule has 0 N–H and O–H groups in total. The van der Waals surface area contributed by atoms with Gasteiger partial charge < -0.3 is 9.64 Å². The minimum atomic E-state index is -0.0965. The Morgan fingerprint density at radius 1 is 1.24 bits per heavy atom. The summed E-state index contributed by atoms with van der Waals surface area (Å²) in [5.74, 6) is 0.709. The second-order valence-electron chi connectivity index (χ2n) is 7.56. The number of carbonyl (C=O) groups is 1. The molecule has 152 valence electrons. The number of hydrogen-bond donors (Lipinski definition) is 0. The van der Waals surface area contributed by atoms with Crippen molar-refractivity contribution < 1.29 is 9.53 Å². The molecule has 1 fully saturated rings. The monoisotopic (exact) mass is 394 g/mol. The van der Waals surface area contributed by atoms with Crippen molar-refractivity contribution in [3.63, 3.8) is 0 Å². The van der Waals surface area contributed by atoms with E-state index < -0.39 is 0 Å². The van der Waals surface area contributed by atoms with Gasteiger partial charge in [-0.05, 0) is 39.2 Å². The summed E-state index contributed by atoms with van der Waals surface area (Å²) < 4.78 is 8.93. The number of rotatable bonds is 4. The number of aromatic nitrogens is 5. The van der Waals surface area contributed by atoms with Crippen LogP contribution in [0.4, 0.5) is 0 Å². The van der Waals surface area contributed by atoms with Crippen molar-refractivity contribution in [1.82, 2.24) is 29.7 Å². The zero-order chi connectivity index (χ0) is 20.5. The predicted octanol–water partition coefficient (Wildman–Crippen LogP) is 3.07. The largest absolute Gasteiger partial charge is 0.496 e. The summed E-state index contributed by atoms with van der Waals surface area (Å²) in [5, 5.41) is 12.6. The first kappa shape index (κ1) is 19.2. The van der Waals surface area contributed by atoms with Crippen LogP contribution in [0.2, 0.25) is 0 Å². The molecule has 1 saturated heterocycles. The quantitative estimate of drug-likeness (QED) is 0.680. The number of methoxy groups -OCH3 is 1. The number of carbonyl (C=O) groups excluding carboxylic acids is 1. The van der Waals surface area contributed by atoms with E-state index >= 15 is 0 Å². The van der Waals surface area contributed by atoms with E-state index in [0.29, 0.717) is 11.4 Å². The van der Waals surface area contributed by atoms with Gasteiger partial charge in [0.15, 0.2) is 5.69 Å². The van der Waals surface area contributed by atoms with E-state index in [9.17, 15) is 4.79 Å². The number of hydrogen-bond acceptors (Lipinski definition) is 5. The van der Waals surface area contributed by atoms with Crippen LogP contribution in [0, 0.1) is 6.92 Å². The number of para-hydroxylation sites is 1. The highest BCUT2D eigenvalue weighted by Crippen LogP contribution is 2.39. The molecule has 2 aromatic heterocycles. The third-order valence-corrected chi connectivity index (χ3v) is 5.68. The summed E-state index contributed by atoms with van der Waals surface area (Å²) in [5.41, 5.74) is 2.90. The molecule has 1 amide bonds. The molecular weight excluding hydrogens is 368 g/mol. The number of amides is 1. The van der Waals surface area contributed by atoms with Gasteiger partial charge in [0.05, 0.1) is 31.2 Å². The van der Waals surface area contributed by atoms with Gasteiger partial charge in [0, 0.05) is 18.7 Å². The molecule has 0 radical (unpaired) electrons.